The number of pyridine rings is 1. The normalized spacial score (nSPS) is 15.8. The minimum absolute atomic E-state index is 0.0154. The molecule has 0 bridgehead atoms. The lowest BCUT2D eigenvalue weighted by Crippen LogP contribution is -2.45. The lowest BCUT2D eigenvalue weighted by Gasteiger charge is -2.35. The minimum atomic E-state index is -4.07. The van der Waals surface area contributed by atoms with Gasteiger partial charge >= 0.3 is 0 Å². The predicted molar refractivity (Wildman–Crippen MR) is 115 cm³/mol. The molecule has 1 aromatic heterocycles. The molecule has 0 aliphatic carbocycles. The van der Waals surface area contributed by atoms with Gasteiger partial charge in [-0.25, -0.2) is 22.2 Å². The Hall–Kier alpha value is -3.04. The van der Waals surface area contributed by atoms with E-state index in [1.165, 1.54) is 36.5 Å². The fraction of sp³-hybridized carbons (Fsp3) is 0.182. The van der Waals surface area contributed by atoms with Gasteiger partial charge in [-0.2, -0.15) is 0 Å². The maximum absolute atomic E-state index is 14.1. The van der Waals surface area contributed by atoms with Crippen molar-refractivity contribution < 1.29 is 26.7 Å². The molecule has 6 nitrogen and oxygen atoms in total. The number of hydrogen-bond acceptors (Lipinski definition) is 5. The van der Waals surface area contributed by atoms with Crippen LogP contribution in [0.15, 0.2) is 59.6 Å². The molecule has 0 spiro atoms. The van der Waals surface area contributed by atoms with Crippen LogP contribution in [0, 0.1) is 11.6 Å². The molecule has 1 unspecified atom stereocenters. The quantitative estimate of drug-likeness (QED) is 0.507. The van der Waals surface area contributed by atoms with Crippen molar-refractivity contribution >= 4 is 33.1 Å². The topological polar surface area (TPSA) is 76.6 Å². The van der Waals surface area contributed by atoms with Crippen molar-refractivity contribution in [3.05, 3.63) is 82.5 Å². The number of carbonyl (C=O) groups is 1. The predicted octanol–water partition coefficient (Wildman–Crippen LogP) is 4.41. The highest BCUT2D eigenvalue weighted by Crippen LogP contribution is 2.37. The van der Waals surface area contributed by atoms with E-state index in [0.717, 1.165) is 22.5 Å². The molecule has 0 amide bonds. The fourth-order valence-electron chi connectivity index (χ4n) is 3.48. The number of benzene rings is 2. The number of aromatic nitrogens is 1. The van der Waals surface area contributed by atoms with Crippen LogP contribution in [0.2, 0.25) is 5.02 Å². The summed E-state index contributed by atoms with van der Waals surface area (Å²) < 4.78 is 60.7. The van der Waals surface area contributed by atoms with Crippen LogP contribution in [0.25, 0.3) is 0 Å². The van der Waals surface area contributed by atoms with E-state index >= 15 is 0 Å². The number of sulfonamides is 1. The molecule has 1 aliphatic heterocycles. The van der Waals surface area contributed by atoms with Crippen LogP contribution in [0.1, 0.15) is 22.8 Å². The Bertz CT molecular complexity index is 1280. The van der Waals surface area contributed by atoms with Gasteiger partial charge in [0.1, 0.15) is 23.9 Å². The van der Waals surface area contributed by atoms with Crippen molar-refractivity contribution in [2.24, 2.45) is 0 Å². The van der Waals surface area contributed by atoms with Gasteiger partial charge in [0.2, 0.25) is 5.88 Å². The number of ketones is 1. The van der Waals surface area contributed by atoms with E-state index in [-0.39, 0.29) is 40.1 Å². The van der Waals surface area contributed by atoms with Crippen molar-refractivity contribution in [2.45, 2.75) is 24.3 Å². The summed E-state index contributed by atoms with van der Waals surface area (Å²) in [5.74, 6) is -1.80. The average Bonchev–Trinajstić information content (AvgIpc) is 2.73. The summed E-state index contributed by atoms with van der Waals surface area (Å²) in [5, 5.41) is -0.0154. The van der Waals surface area contributed by atoms with Gasteiger partial charge in [0.15, 0.2) is 5.78 Å². The molecule has 0 N–H and O–H groups in total. The van der Waals surface area contributed by atoms with Crippen molar-refractivity contribution in [2.75, 3.05) is 10.9 Å². The van der Waals surface area contributed by atoms with Crippen molar-refractivity contribution in [3.63, 3.8) is 0 Å². The summed E-state index contributed by atoms with van der Waals surface area (Å²) >= 11 is 5.98. The highest BCUT2D eigenvalue weighted by atomic mass is 35.5. The van der Waals surface area contributed by atoms with Gasteiger partial charge in [-0.05, 0) is 55.0 Å². The first kappa shape index (κ1) is 22.2. The number of fused-ring (bicyclic) bond motifs is 1. The highest BCUT2D eigenvalue weighted by molar-refractivity contribution is 7.92. The van der Waals surface area contributed by atoms with Crippen LogP contribution in [0.5, 0.6) is 5.88 Å². The molecule has 4 rings (SSSR count). The molecule has 3 aromatic rings. The molecule has 0 saturated carbocycles. The smallest absolute Gasteiger partial charge is 0.264 e. The number of Topliss-reactive ketones (excluding diaryl/α,β-unsaturated/α-hetero) is 1. The number of halogens is 3. The van der Waals surface area contributed by atoms with Crippen LogP contribution in [0.3, 0.4) is 0 Å². The molecule has 32 heavy (non-hydrogen) atoms. The zero-order valence-electron chi connectivity index (χ0n) is 16.8. The lowest BCUT2D eigenvalue weighted by molar-refractivity contribution is 0.0989. The molecule has 1 atom stereocenters. The Morgan fingerprint density at radius 1 is 1.22 bits per heavy atom. The van der Waals surface area contributed by atoms with Crippen molar-refractivity contribution in [1.82, 2.24) is 4.98 Å². The second-order valence-corrected chi connectivity index (χ2v) is 9.50. The van der Waals surface area contributed by atoms with Crippen LogP contribution in [-0.2, 0) is 16.4 Å². The third kappa shape index (κ3) is 4.05. The monoisotopic (exact) mass is 478 g/mol. The molecule has 0 fully saturated rings. The van der Waals surface area contributed by atoms with Gasteiger partial charge in [-0.15, -0.1) is 0 Å². The van der Waals surface area contributed by atoms with Crippen LogP contribution in [-0.4, -0.2) is 31.8 Å². The molecule has 0 radical (unpaired) electrons. The van der Waals surface area contributed by atoms with Gasteiger partial charge in [0, 0.05) is 12.6 Å². The molecular formula is C22H17ClF2N2O4S. The first-order valence-corrected chi connectivity index (χ1v) is 11.4. The van der Waals surface area contributed by atoms with Crippen molar-refractivity contribution in [3.8, 4) is 5.88 Å². The molecule has 10 heteroatoms. The van der Waals surface area contributed by atoms with Crippen molar-refractivity contribution in [1.29, 1.82) is 0 Å². The third-order valence-electron chi connectivity index (χ3n) is 4.96. The zero-order valence-corrected chi connectivity index (χ0v) is 18.3. The zero-order chi connectivity index (χ0) is 23.0. The number of rotatable bonds is 5. The third-order valence-corrected chi connectivity index (χ3v) is 7.22. The van der Waals surface area contributed by atoms with Gasteiger partial charge < -0.3 is 4.74 Å². The van der Waals surface area contributed by atoms with Gasteiger partial charge in [-0.1, -0.05) is 17.7 Å². The summed E-state index contributed by atoms with van der Waals surface area (Å²) in [4.78, 5) is 16.7. The van der Waals surface area contributed by atoms with E-state index in [2.05, 4.69) is 4.98 Å². The molecule has 1 aliphatic rings. The van der Waals surface area contributed by atoms with E-state index in [1.54, 1.807) is 6.92 Å². The van der Waals surface area contributed by atoms with Crippen LogP contribution >= 0.6 is 11.6 Å². The summed E-state index contributed by atoms with van der Waals surface area (Å²) in [6.45, 7) is 1.71. The number of ether oxygens (including phenoxy) is 1. The summed E-state index contributed by atoms with van der Waals surface area (Å²) in [7, 11) is -4.07. The molecular weight excluding hydrogens is 462 g/mol. The lowest BCUT2D eigenvalue weighted by atomic mass is 10.0. The number of hydrogen-bond donors (Lipinski definition) is 0. The van der Waals surface area contributed by atoms with E-state index in [1.807, 2.05) is 0 Å². The Balaban J connectivity index is 1.72. The molecule has 0 saturated heterocycles. The maximum atomic E-state index is 14.1. The van der Waals surface area contributed by atoms with Gasteiger partial charge in [0.25, 0.3) is 10.0 Å². The molecule has 2 aromatic carbocycles. The number of nitrogens with zero attached hydrogens (tertiary/aromatic N) is 2. The maximum Gasteiger partial charge on any atom is 0.264 e. The Morgan fingerprint density at radius 2 is 1.94 bits per heavy atom. The summed E-state index contributed by atoms with van der Waals surface area (Å²) in [5.41, 5.74) is 0.246. The fourth-order valence-corrected chi connectivity index (χ4v) is 5.38. The second-order valence-electron chi connectivity index (χ2n) is 7.28. The van der Waals surface area contributed by atoms with Crippen LogP contribution < -0.4 is 9.04 Å². The van der Waals surface area contributed by atoms with Gasteiger partial charge in [-0.3, -0.25) is 9.10 Å². The Labute approximate surface area is 188 Å². The average molecular weight is 479 g/mol. The first-order chi connectivity index (χ1) is 15.2. The highest BCUT2D eigenvalue weighted by Gasteiger charge is 2.36. The van der Waals surface area contributed by atoms with E-state index in [0.29, 0.717) is 5.56 Å². The molecule has 166 valence electrons. The number of anilines is 1. The van der Waals surface area contributed by atoms with Crippen LogP contribution in [0.4, 0.5) is 14.5 Å². The van der Waals surface area contributed by atoms with E-state index in [4.69, 9.17) is 16.3 Å². The Morgan fingerprint density at radius 3 is 2.62 bits per heavy atom. The second kappa shape index (κ2) is 8.48. The van der Waals surface area contributed by atoms with E-state index in [9.17, 15) is 22.0 Å². The Kier molecular flexibility index (Phi) is 5.87. The number of carbonyl (C=O) groups excluding carboxylic acids is 1. The minimum Gasteiger partial charge on any atom is -0.474 e. The van der Waals surface area contributed by atoms with Gasteiger partial charge in [0.05, 0.1) is 21.5 Å². The summed E-state index contributed by atoms with van der Waals surface area (Å²) in [6.07, 6.45) is 1.11. The van der Waals surface area contributed by atoms with E-state index < -0.39 is 33.5 Å². The standard InChI is InChI=1S/C22H17ClF2N2O4S/c1-13-12-31-22-19(27(13)32(29,30)16-7-5-15(24)6-8-16)9-14(11-26-22)10-20(28)21-17(23)3-2-4-18(21)25/h2-9,11,13H,10,12H2,1H3. The molecule has 2 heterocycles. The first-order valence-electron chi connectivity index (χ1n) is 9.57. The largest absolute Gasteiger partial charge is 0.474 e. The summed E-state index contributed by atoms with van der Waals surface area (Å²) in [6, 6.07) is 9.28. The SMILES string of the molecule is CC1COc2ncc(CC(=O)c3c(F)cccc3Cl)cc2N1S(=O)(=O)c1ccc(F)cc1.